The third-order valence-electron chi connectivity index (χ3n) is 3.39. The maximum Gasteiger partial charge on any atom is 0.165 e. The Hall–Kier alpha value is -1.20. The summed E-state index contributed by atoms with van der Waals surface area (Å²) in [5.41, 5.74) is 2.33. The Balaban J connectivity index is 2.16. The van der Waals surface area contributed by atoms with Crippen molar-refractivity contribution in [2.45, 2.75) is 26.4 Å². The van der Waals surface area contributed by atoms with Crippen molar-refractivity contribution in [3.8, 4) is 11.4 Å². The fourth-order valence-corrected chi connectivity index (χ4v) is 2.80. The average molecular weight is 307 g/mol. The SMILES string of the molecule is Cc1cccc(-c2nnc3n2CCNC3C)c1Br. The highest BCUT2D eigenvalue weighted by molar-refractivity contribution is 9.10. The number of fused-ring (bicyclic) bond motifs is 1. The average Bonchev–Trinajstić information content (AvgIpc) is 2.78. The van der Waals surface area contributed by atoms with Gasteiger partial charge in [0.1, 0.15) is 5.82 Å². The molecule has 94 valence electrons. The molecule has 0 amide bonds. The number of nitrogens with zero attached hydrogens (tertiary/aromatic N) is 3. The molecule has 2 heterocycles. The molecule has 2 aromatic rings. The molecule has 0 fully saturated rings. The first-order valence-corrected chi connectivity index (χ1v) is 6.89. The lowest BCUT2D eigenvalue weighted by Gasteiger charge is -2.22. The van der Waals surface area contributed by atoms with Gasteiger partial charge in [-0.05, 0) is 35.3 Å². The Kier molecular flexibility index (Phi) is 2.95. The number of benzene rings is 1. The minimum Gasteiger partial charge on any atom is -0.308 e. The van der Waals surface area contributed by atoms with Crippen LogP contribution in [0.1, 0.15) is 24.4 Å². The van der Waals surface area contributed by atoms with E-state index < -0.39 is 0 Å². The molecule has 1 aliphatic heterocycles. The topological polar surface area (TPSA) is 42.7 Å². The fraction of sp³-hybridized carbons (Fsp3) is 0.385. The molecule has 0 bridgehead atoms. The van der Waals surface area contributed by atoms with E-state index in [4.69, 9.17) is 0 Å². The van der Waals surface area contributed by atoms with E-state index in [0.29, 0.717) is 0 Å². The highest BCUT2D eigenvalue weighted by Crippen LogP contribution is 2.31. The maximum atomic E-state index is 4.36. The van der Waals surface area contributed by atoms with Crippen LogP contribution in [0.25, 0.3) is 11.4 Å². The van der Waals surface area contributed by atoms with Gasteiger partial charge in [-0.1, -0.05) is 18.2 Å². The molecule has 4 nitrogen and oxygen atoms in total. The van der Waals surface area contributed by atoms with E-state index >= 15 is 0 Å². The standard InChI is InChI=1S/C13H15BrN4/c1-8-4-3-5-10(11(8)14)13-17-16-12-9(2)15-6-7-18(12)13/h3-5,9,15H,6-7H2,1-2H3. The van der Waals surface area contributed by atoms with Crippen LogP contribution >= 0.6 is 15.9 Å². The zero-order chi connectivity index (χ0) is 12.7. The molecule has 0 saturated heterocycles. The van der Waals surface area contributed by atoms with Gasteiger partial charge in [-0.2, -0.15) is 0 Å². The first kappa shape index (κ1) is 11.9. The monoisotopic (exact) mass is 306 g/mol. The Morgan fingerprint density at radius 2 is 2.22 bits per heavy atom. The molecule has 0 spiro atoms. The van der Waals surface area contributed by atoms with Crippen LogP contribution in [0.15, 0.2) is 22.7 Å². The summed E-state index contributed by atoms with van der Waals surface area (Å²) >= 11 is 3.65. The van der Waals surface area contributed by atoms with Crippen LogP contribution in [0.3, 0.4) is 0 Å². The predicted octanol–water partition coefficient (Wildman–Crippen LogP) is 2.68. The molecule has 1 aromatic heterocycles. The molecule has 1 unspecified atom stereocenters. The third kappa shape index (κ3) is 1.78. The first-order valence-electron chi connectivity index (χ1n) is 6.10. The summed E-state index contributed by atoms with van der Waals surface area (Å²) in [5, 5.41) is 12.1. The van der Waals surface area contributed by atoms with Crippen molar-refractivity contribution in [3.05, 3.63) is 34.1 Å². The second-order valence-corrected chi connectivity index (χ2v) is 5.44. The summed E-state index contributed by atoms with van der Waals surface area (Å²) in [6, 6.07) is 6.50. The van der Waals surface area contributed by atoms with Gasteiger partial charge in [0.2, 0.25) is 0 Å². The Morgan fingerprint density at radius 1 is 1.39 bits per heavy atom. The van der Waals surface area contributed by atoms with Crippen molar-refractivity contribution in [2.24, 2.45) is 0 Å². The Morgan fingerprint density at radius 3 is 3.06 bits per heavy atom. The van der Waals surface area contributed by atoms with E-state index in [-0.39, 0.29) is 6.04 Å². The van der Waals surface area contributed by atoms with Crippen molar-refractivity contribution < 1.29 is 0 Å². The summed E-state index contributed by atoms with van der Waals surface area (Å²) in [6.07, 6.45) is 0. The lowest BCUT2D eigenvalue weighted by molar-refractivity contribution is 0.439. The lowest BCUT2D eigenvalue weighted by atomic mass is 10.1. The maximum absolute atomic E-state index is 4.36. The Labute approximate surface area is 115 Å². The summed E-state index contributed by atoms with van der Waals surface area (Å²) < 4.78 is 3.31. The highest BCUT2D eigenvalue weighted by Gasteiger charge is 2.23. The van der Waals surface area contributed by atoms with Gasteiger partial charge in [0.15, 0.2) is 5.82 Å². The van der Waals surface area contributed by atoms with E-state index in [1.54, 1.807) is 0 Å². The van der Waals surface area contributed by atoms with Gasteiger partial charge >= 0.3 is 0 Å². The van der Waals surface area contributed by atoms with Crippen LogP contribution in [0.5, 0.6) is 0 Å². The molecule has 3 rings (SSSR count). The van der Waals surface area contributed by atoms with Gasteiger partial charge in [-0.25, -0.2) is 0 Å². The normalized spacial score (nSPS) is 18.7. The second-order valence-electron chi connectivity index (χ2n) is 4.65. The van der Waals surface area contributed by atoms with E-state index in [2.05, 4.69) is 68.1 Å². The minimum atomic E-state index is 0.267. The number of rotatable bonds is 1. The molecule has 1 aromatic carbocycles. The quantitative estimate of drug-likeness (QED) is 0.881. The van der Waals surface area contributed by atoms with Crippen LogP contribution in [0, 0.1) is 6.92 Å². The van der Waals surface area contributed by atoms with Crippen molar-refractivity contribution in [1.29, 1.82) is 0 Å². The van der Waals surface area contributed by atoms with E-state index in [9.17, 15) is 0 Å². The van der Waals surface area contributed by atoms with Gasteiger partial charge < -0.3 is 9.88 Å². The number of halogens is 1. The summed E-state index contributed by atoms with van der Waals surface area (Å²) in [7, 11) is 0. The zero-order valence-corrected chi connectivity index (χ0v) is 12.0. The largest absolute Gasteiger partial charge is 0.308 e. The van der Waals surface area contributed by atoms with Crippen molar-refractivity contribution in [1.82, 2.24) is 20.1 Å². The van der Waals surface area contributed by atoms with Crippen LogP contribution in [0.2, 0.25) is 0 Å². The molecular weight excluding hydrogens is 292 g/mol. The number of aromatic nitrogens is 3. The third-order valence-corrected chi connectivity index (χ3v) is 4.44. The molecule has 0 aliphatic carbocycles. The van der Waals surface area contributed by atoms with Crippen molar-refractivity contribution in [2.75, 3.05) is 6.54 Å². The molecular formula is C13H15BrN4. The van der Waals surface area contributed by atoms with Gasteiger partial charge in [-0.15, -0.1) is 10.2 Å². The molecule has 1 N–H and O–H groups in total. The van der Waals surface area contributed by atoms with Crippen LogP contribution < -0.4 is 5.32 Å². The number of aryl methyl sites for hydroxylation is 1. The number of nitrogens with one attached hydrogen (secondary N) is 1. The van der Waals surface area contributed by atoms with Crippen LogP contribution in [-0.4, -0.2) is 21.3 Å². The summed E-state index contributed by atoms with van der Waals surface area (Å²) in [4.78, 5) is 0. The van der Waals surface area contributed by atoms with Crippen LogP contribution in [0.4, 0.5) is 0 Å². The van der Waals surface area contributed by atoms with E-state index in [1.807, 2.05) is 0 Å². The second kappa shape index (κ2) is 4.48. The van der Waals surface area contributed by atoms with Gasteiger partial charge in [0.25, 0.3) is 0 Å². The van der Waals surface area contributed by atoms with Crippen molar-refractivity contribution in [3.63, 3.8) is 0 Å². The zero-order valence-electron chi connectivity index (χ0n) is 10.4. The molecule has 18 heavy (non-hydrogen) atoms. The molecule has 0 saturated carbocycles. The van der Waals surface area contributed by atoms with Gasteiger partial charge in [0.05, 0.1) is 6.04 Å². The number of hydrogen-bond acceptors (Lipinski definition) is 3. The molecule has 1 aliphatic rings. The van der Waals surface area contributed by atoms with Gasteiger partial charge in [-0.3, -0.25) is 0 Å². The fourth-order valence-electron chi connectivity index (χ4n) is 2.36. The van der Waals surface area contributed by atoms with Gasteiger partial charge in [0, 0.05) is 23.1 Å². The Bertz CT molecular complexity index is 591. The lowest BCUT2D eigenvalue weighted by Crippen LogP contribution is -2.32. The van der Waals surface area contributed by atoms with E-state index in [0.717, 1.165) is 34.8 Å². The van der Waals surface area contributed by atoms with Crippen LogP contribution in [-0.2, 0) is 6.54 Å². The molecule has 5 heteroatoms. The summed E-state index contributed by atoms with van der Waals surface area (Å²) in [5.74, 6) is 1.97. The molecule has 1 atom stereocenters. The predicted molar refractivity (Wildman–Crippen MR) is 74.3 cm³/mol. The van der Waals surface area contributed by atoms with Crippen molar-refractivity contribution >= 4 is 15.9 Å². The molecule has 0 radical (unpaired) electrons. The smallest absolute Gasteiger partial charge is 0.165 e. The summed E-state index contributed by atoms with van der Waals surface area (Å²) in [6.45, 7) is 6.09. The highest BCUT2D eigenvalue weighted by atomic mass is 79.9. The first-order chi connectivity index (χ1) is 8.68. The van der Waals surface area contributed by atoms with E-state index in [1.165, 1.54) is 5.56 Å². The number of hydrogen-bond donors (Lipinski definition) is 1. The minimum absolute atomic E-state index is 0.267.